The molecule has 0 fully saturated rings. The molecular weight excluding hydrogens is 226 g/mol. The van der Waals surface area contributed by atoms with E-state index in [1.165, 1.54) is 7.11 Å². The van der Waals surface area contributed by atoms with Crippen molar-refractivity contribution >= 4 is 0 Å². The number of ether oxygens (including phenoxy) is 1. The summed E-state index contributed by atoms with van der Waals surface area (Å²) in [5.74, 6) is 0.0929. The minimum atomic E-state index is -0.360. The molecule has 90 valence electrons. The van der Waals surface area contributed by atoms with Gasteiger partial charge in [-0.2, -0.15) is 5.26 Å². The first-order valence-corrected chi connectivity index (χ1v) is 5.57. The van der Waals surface area contributed by atoms with Gasteiger partial charge in [-0.25, -0.2) is 0 Å². The maximum Gasteiger partial charge on any atom is 0.160 e. The summed E-state index contributed by atoms with van der Waals surface area (Å²) in [6, 6.07) is 16.8. The number of rotatable bonds is 3. The Kier molecular flexibility index (Phi) is 3.49. The lowest BCUT2D eigenvalue weighted by Crippen LogP contribution is -1.98. The smallest absolute Gasteiger partial charge is 0.160 e. The zero-order valence-electron chi connectivity index (χ0n) is 10.00. The number of nitrogens with zero attached hydrogens (tertiary/aromatic N) is 1. The fourth-order valence-electron chi connectivity index (χ4n) is 1.86. The topological polar surface area (TPSA) is 53.2 Å². The quantitative estimate of drug-likeness (QED) is 0.895. The Balaban J connectivity index is 2.44. The Labute approximate surface area is 106 Å². The van der Waals surface area contributed by atoms with Crippen LogP contribution in [0.25, 0.3) is 0 Å². The summed E-state index contributed by atoms with van der Waals surface area (Å²) in [6.45, 7) is 0. The highest BCUT2D eigenvalue weighted by atomic mass is 16.5. The monoisotopic (exact) mass is 239 g/mol. The van der Waals surface area contributed by atoms with Gasteiger partial charge in [0.1, 0.15) is 0 Å². The zero-order valence-corrected chi connectivity index (χ0v) is 10.00. The Morgan fingerprint density at radius 3 is 2.44 bits per heavy atom. The average molecular weight is 239 g/mol. The summed E-state index contributed by atoms with van der Waals surface area (Å²) in [5, 5.41) is 18.9. The molecule has 1 unspecified atom stereocenters. The summed E-state index contributed by atoms with van der Waals surface area (Å²) in [5.41, 5.74) is 1.73. The largest absolute Gasteiger partial charge is 0.504 e. The lowest BCUT2D eigenvalue weighted by Gasteiger charge is -2.12. The van der Waals surface area contributed by atoms with Gasteiger partial charge in [0, 0.05) is 0 Å². The first-order chi connectivity index (χ1) is 8.76. The van der Waals surface area contributed by atoms with Gasteiger partial charge in [0.15, 0.2) is 11.5 Å². The number of methoxy groups -OCH3 is 1. The van der Waals surface area contributed by atoms with E-state index in [-0.39, 0.29) is 11.7 Å². The molecule has 0 amide bonds. The van der Waals surface area contributed by atoms with E-state index in [0.717, 1.165) is 11.1 Å². The number of aromatic hydroxyl groups is 1. The molecule has 0 heterocycles. The second-order valence-corrected chi connectivity index (χ2v) is 3.90. The third-order valence-electron chi connectivity index (χ3n) is 2.80. The van der Waals surface area contributed by atoms with Crippen LogP contribution >= 0.6 is 0 Å². The van der Waals surface area contributed by atoms with Crippen molar-refractivity contribution < 1.29 is 9.84 Å². The van der Waals surface area contributed by atoms with Crippen molar-refractivity contribution in [3.8, 4) is 17.6 Å². The summed E-state index contributed by atoms with van der Waals surface area (Å²) in [7, 11) is 1.49. The van der Waals surface area contributed by atoms with E-state index < -0.39 is 0 Å². The molecule has 2 aromatic rings. The van der Waals surface area contributed by atoms with E-state index in [9.17, 15) is 10.4 Å². The molecule has 0 radical (unpaired) electrons. The number of nitriles is 1. The van der Waals surface area contributed by atoms with E-state index in [1.807, 2.05) is 30.3 Å². The Bertz CT molecular complexity index is 573. The molecule has 0 aliphatic carbocycles. The van der Waals surface area contributed by atoms with Crippen LogP contribution in [0, 0.1) is 11.3 Å². The summed E-state index contributed by atoms with van der Waals surface area (Å²) >= 11 is 0. The normalized spacial score (nSPS) is 11.6. The predicted molar refractivity (Wildman–Crippen MR) is 68.6 cm³/mol. The maximum atomic E-state index is 9.55. The zero-order chi connectivity index (χ0) is 13.0. The number of phenolic OH excluding ortho intramolecular Hbond substituents is 1. The van der Waals surface area contributed by atoms with Crippen molar-refractivity contribution in [2.75, 3.05) is 7.11 Å². The molecule has 2 rings (SSSR count). The van der Waals surface area contributed by atoms with Gasteiger partial charge in [-0.1, -0.05) is 36.4 Å². The molecule has 2 aromatic carbocycles. The van der Waals surface area contributed by atoms with E-state index in [1.54, 1.807) is 18.2 Å². The minimum Gasteiger partial charge on any atom is -0.504 e. The Morgan fingerprint density at radius 2 is 1.83 bits per heavy atom. The van der Waals surface area contributed by atoms with E-state index in [2.05, 4.69) is 6.07 Å². The number of hydrogen-bond donors (Lipinski definition) is 1. The van der Waals surface area contributed by atoms with Gasteiger partial charge >= 0.3 is 0 Å². The number of hydrogen-bond acceptors (Lipinski definition) is 3. The molecule has 3 heteroatoms. The molecule has 0 saturated heterocycles. The Hall–Kier alpha value is -2.47. The van der Waals surface area contributed by atoms with Crippen LogP contribution in [-0.4, -0.2) is 12.2 Å². The van der Waals surface area contributed by atoms with Crippen molar-refractivity contribution in [2.24, 2.45) is 0 Å². The third-order valence-corrected chi connectivity index (χ3v) is 2.80. The number of phenols is 1. The first kappa shape index (κ1) is 12.0. The van der Waals surface area contributed by atoms with E-state index in [0.29, 0.717) is 5.75 Å². The van der Waals surface area contributed by atoms with Crippen molar-refractivity contribution in [1.29, 1.82) is 5.26 Å². The molecule has 18 heavy (non-hydrogen) atoms. The first-order valence-electron chi connectivity index (χ1n) is 5.57. The van der Waals surface area contributed by atoms with Crippen LogP contribution in [0.15, 0.2) is 48.5 Å². The molecular formula is C15H13NO2. The van der Waals surface area contributed by atoms with Crippen LogP contribution < -0.4 is 4.74 Å². The van der Waals surface area contributed by atoms with E-state index >= 15 is 0 Å². The Morgan fingerprint density at radius 1 is 1.11 bits per heavy atom. The van der Waals surface area contributed by atoms with Gasteiger partial charge < -0.3 is 9.84 Å². The molecule has 0 saturated carbocycles. The second kappa shape index (κ2) is 5.24. The number of benzene rings is 2. The minimum absolute atomic E-state index is 0.0750. The van der Waals surface area contributed by atoms with Gasteiger partial charge in [-0.3, -0.25) is 0 Å². The van der Waals surface area contributed by atoms with Gasteiger partial charge in [0.05, 0.1) is 19.1 Å². The van der Waals surface area contributed by atoms with Gasteiger partial charge in [0.25, 0.3) is 0 Å². The van der Waals surface area contributed by atoms with Gasteiger partial charge in [-0.15, -0.1) is 0 Å². The second-order valence-electron chi connectivity index (χ2n) is 3.90. The summed E-state index contributed by atoms with van der Waals surface area (Å²) in [6.07, 6.45) is 0. The van der Waals surface area contributed by atoms with Gasteiger partial charge in [0.2, 0.25) is 0 Å². The lowest BCUT2D eigenvalue weighted by atomic mass is 9.92. The highest BCUT2D eigenvalue weighted by molar-refractivity contribution is 5.47. The maximum absolute atomic E-state index is 9.55. The third kappa shape index (κ3) is 2.28. The molecule has 0 spiro atoms. The van der Waals surface area contributed by atoms with Crippen LogP contribution in [0.2, 0.25) is 0 Å². The van der Waals surface area contributed by atoms with Crippen molar-refractivity contribution in [2.45, 2.75) is 5.92 Å². The summed E-state index contributed by atoms with van der Waals surface area (Å²) < 4.78 is 5.06. The van der Waals surface area contributed by atoms with Crippen LogP contribution in [-0.2, 0) is 0 Å². The fraction of sp³-hybridized carbons (Fsp3) is 0.133. The van der Waals surface area contributed by atoms with Crippen LogP contribution in [0.1, 0.15) is 17.0 Å². The molecule has 1 N–H and O–H groups in total. The van der Waals surface area contributed by atoms with Crippen molar-refractivity contribution in [1.82, 2.24) is 0 Å². The molecule has 0 aliphatic heterocycles. The summed E-state index contributed by atoms with van der Waals surface area (Å²) in [4.78, 5) is 0. The predicted octanol–water partition coefficient (Wildman–Crippen LogP) is 3.06. The lowest BCUT2D eigenvalue weighted by molar-refractivity contribution is 0.373. The van der Waals surface area contributed by atoms with Gasteiger partial charge in [-0.05, 0) is 23.3 Å². The van der Waals surface area contributed by atoms with E-state index in [4.69, 9.17) is 4.74 Å². The molecule has 0 aromatic heterocycles. The van der Waals surface area contributed by atoms with Crippen LogP contribution in [0.4, 0.5) is 0 Å². The highest BCUT2D eigenvalue weighted by Crippen LogP contribution is 2.32. The van der Waals surface area contributed by atoms with Crippen LogP contribution in [0.5, 0.6) is 11.5 Å². The van der Waals surface area contributed by atoms with Crippen molar-refractivity contribution in [3.05, 3.63) is 59.7 Å². The molecule has 1 atom stereocenters. The standard InChI is InChI=1S/C15H13NO2/c1-18-15-9-12(7-8-14(15)17)13(10-16)11-5-3-2-4-6-11/h2-9,13,17H,1H3. The van der Waals surface area contributed by atoms with Crippen LogP contribution in [0.3, 0.4) is 0 Å². The molecule has 0 bridgehead atoms. The fourth-order valence-corrected chi connectivity index (χ4v) is 1.86. The average Bonchev–Trinajstić information content (AvgIpc) is 2.42. The molecule has 0 aliphatic rings. The van der Waals surface area contributed by atoms with Crippen molar-refractivity contribution in [3.63, 3.8) is 0 Å². The molecule has 3 nitrogen and oxygen atoms in total. The highest BCUT2D eigenvalue weighted by Gasteiger charge is 2.15. The SMILES string of the molecule is COc1cc(C(C#N)c2ccccc2)ccc1O.